The summed E-state index contributed by atoms with van der Waals surface area (Å²) in [7, 11) is -4.31. The molecule has 4 nitrogen and oxygen atoms in total. The first-order chi connectivity index (χ1) is 9.02. The van der Waals surface area contributed by atoms with Gasteiger partial charge in [-0.1, -0.05) is 58.3 Å². The van der Waals surface area contributed by atoms with Crippen molar-refractivity contribution in [1.29, 1.82) is 0 Å². The van der Waals surface area contributed by atoms with Crippen molar-refractivity contribution in [2.24, 2.45) is 0 Å². The molecule has 0 bridgehead atoms. The van der Waals surface area contributed by atoms with E-state index in [1.807, 2.05) is 0 Å². The summed E-state index contributed by atoms with van der Waals surface area (Å²) in [6.45, 7) is 4.18. The zero-order chi connectivity index (χ0) is 14.6. The Morgan fingerprint density at radius 1 is 0.900 bits per heavy atom. The van der Waals surface area contributed by atoms with E-state index in [0.29, 0.717) is 6.42 Å². The van der Waals surface area contributed by atoms with Gasteiger partial charge in [-0.05, 0) is 19.8 Å². The molecule has 0 spiro atoms. The van der Waals surface area contributed by atoms with Crippen molar-refractivity contribution in [3.05, 3.63) is 0 Å². The summed E-state index contributed by atoms with van der Waals surface area (Å²) < 4.78 is 37.7. The van der Waals surface area contributed by atoms with E-state index < -0.39 is 15.6 Å². The molecule has 1 unspecified atom stereocenters. The number of rotatable bonds is 13. The Kier molecular flexibility index (Phi) is 17.1. The summed E-state index contributed by atoms with van der Waals surface area (Å²) in [5.41, 5.74) is -1.15. The number of unbranched alkanes of at least 4 members (excludes halogenated alkanes) is 8. The van der Waals surface area contributed by atoms with Crippen LogP contribution in [0, 0.1) is 0 Å². The fraction of sp³-hybridized carbons (Fsp3) is 1.00. The number of hydrogen-bond acceptors (Lipinski definition) is 4. The topological polar surface area (TPSA) is 66.4 Å². The van der Waals surface area contributed by atoms with Gasteiger partial charge in [0, 0.05) is 6.61 Å². The van der Waals surface area contributed by atoms with Crippen LogP contribution in [-0.2, 0) is 14.9 Å². The molecule has 0 aliphatic rings. The maximum Gasteiger partial charge on any atom is 1.00 e. The number of ether oxygens (including phenoxy) is 1. The fourth-order valence-corrected chi connectivity index (χ4v) is 2.88. The molecule has 116 valence electrons. The van der Waals surface area contributed by atoms with Crippen molar-refractivity contribution < 1.29 is 47.3 Å². The van der Waals surface area contributed by atoms with Crippen molar-refractivity contribution in [3.63, 3.8) is 0 Å². The van der Waals surface area contributed by atoms with Crippen LogP contribution in [0.4, 0.5) is 0 Å². The molecule has 0 aromatic carbocycles. The second kappa shape index (κ2) is 14.8. The van der Waals surface area contributed by atoms with Crippen molar-refractivity contribution in [2.45, 2.75) is 83.5 Å². The summed E-state index contributed by atoms with van der Waals surface area (Å²) in [6.07, 6.45) is 10.8. The van der Waals surface area contributed by atoms with E-state index in [2.05, 4.69) is 6.92 Å². The summed E-state index contributed by atoms with van der Waals surface area (Å²) in [5, 5.41) is 0. The van der Waals surface area contributed by atoms with Crippen LogP contribution in [0.1, 0.15) is 78.1 Å². The molecule has 1 atom stereocenters. The van der Waals surface area contributed by atoms with Gasteiger partial charge in [0.05, 0.1) is 0 Å². The minimum atomic E-state index is -4.31. The van der Waals surface area contributed by atoms with E-state index in [0.717, 1.165) is 19.3 Å². The summed E-state index contributed by atoms with van der Waals surface area (Å²) in [6, 6.07) is 0. The van der Waals surface area contributed by atoms with Gasteiger partial charge < -0.3 is 9.29 Å². The molecule has 0 rings (SSSR count). The maximum atomic E-state index is 10.9. The van der Waals surface area contributed by atoms with Gasteiger partial charge in [0.1, 0.15) is 15.6 Å². The van der Waals surface area contributed by atoms with Crippen LogP contribution in [0.3, 0.4) is 0 Å². The van der Waals surface area contributed by atoms with Gasteiger partial charge in [-0.2, -0.15) is 0 Å². The van der Waals surface area contributed by atoms with Crippen LogP contribution in [0.15, 0.2) is 0 Å². The average molecular weight is 316 g/mol. The largest absolute Gasteiger partial charge is 1.00 e. The third kappa shape index (κ3) is 13.8. The molecule has 0 aliphatic heterocycles. The molecule has 0 N–H and O–H groups in total. The minimum absolute atomic E-state index is 0. The third-order valence-electron chi connectivity index (χ3n) is 3.22. The van der Waals surface area contributed by atoms with E-state index in [-0.39, 0.29) is 36.2 Å². The molecule has 0 fully saturated rings. The third-order valence-corrected chi connectivity index (χ3v) is 4.23. The van der Waals surface area contributed by atoms with Crippen molar-refractivity contribution in [2.75, 3.05) is 6.61 Å². The molecule has 6 heteroatoms. The molecule has 20 heavy (non-hydrogen) atoms. The zero-order valence-corrected chi connectivity index (χ0v) is 16.2. The Morgan fingerprint density at radius 3 is 1.75 bits per heavy atom. The molecule has 0 heterocycles. The predicted octanol–water partition coefficient (Wildman–Crippen LogP) is 0.819. The summed E-state index contributed by atoms with van der Waals surface area (Å²) >= 11 is 0. The Labute approximate surface area is 147 Å². The molecular weight excluding hydrogens is 287 g/mol. The molecule has 0 amide bonds. The monoisotopic (exact) mass is 316 g/mol. The van der Waals surface area contributed by atoms with Gasteiger partial charge in [0.2, 0.25) is 0 Å². The van der Waals surface area contributed by atoms with Crippen LogP contribution in [0.25, 0.3) is 0 Å². The molecule has 0 aromatic rings. The number of hydrogen-bond donors (Lipinski definition) is 0. The first-order valence-corrected chi connectivity index (χ1v) is 9.05. The van der Waals surface area contributed by atoms with Crippen LogP contribution in [0.2, 0.25) is 0 Å². The maximum absolute atomic E-state index is 10.9. The Hall–Kier alpha value is 0.870. The molecular formula is C14H29NaO4S. The van der Waals surface area contributed by atoms with Gasteiger partial charge >= 0.3 is 29.6 Å². The molecule has 0 saturated heterocycles. The van der Waals surface area contributed by atoms with Gasteiger partial charge in [-0.3, -0.25) is 0 Å². The van der Waals surface area contributed by atoms with Crippen LogP contribution in [0.5, 0.6) is 0 Å². The second-order valence-corrected chi connectivity index (χ2v) is 6.51. The quantitative estimate of drug-likeness (QED) is 0.287. The molecule has 0 saturated carbocycles. The predicted molar refractivity (Wildman–Crippen MR) is 77.0 cm³/mol. The Bertz CT molecular complexity index is 294. The molecule has 0 aliphatic carbocycles. The Morgan fingerprint density at radius 2 is 1.35 bits per heavy atom. The minimum Gasteiger partial charge on any atom is -0.746 e. The van der Waals surface area contributed by atoms with Gasteiger partial charge in [-0.25, -0.2) is 8.42 Å². The van der Waals surface area contributed by atoms with Gasteiger partial charge in [0.15, 0.2) is 0 Å². The zero-order valence-electron chi connectivity index (χ0n) is 13.4. The summed E-state index contributed by atoms with van der Waals surface area (Å²) in [5.74, 6) is 0. The molecule has 0 radical (unpaired) electrons. The van der Waals surface area contributed by atoms with E-state index >= 15 is 0 Å². The van der Waals surface area contributed by atoms with Gasteiger partial charge in [-0.15, -0.1) is 0 Å². The normalized spacial score (nSPS) is 12.9. The Balaban J connectivity index is 0. The van der Waals surface area contributed by atoms with Crippen LogP contribution >= 0.6 is 0 Å². The average Bonchev–Trinajstić information content (AvgIpc) is 2.34. The SMILES string of the molecule is CCCCCCCCCCCC(OCC)S(=O)(=O)[O-].[Na+]. The van der Waals surface area contributed by atoms with E-state index in [4.69, 9.17) is 4.74 Å². The summed E-state index contributed by atoms with van der Waals surface area (Å²) in [4.78, 5) is 0. The van der Waals surface area contributed by atoms with Crippen molar-refractivity contribution in [1.82, 2.24) is 0 Å². The standard InChI is InChI=1S/C14H30O4S.Na/c1-3-5-6-7-8-9-10-11-12-13-14(18-4-2)19(15,16)17;/h14H,3-13H2,1-2H3,(H,15,16,17);/q;+1/p-1. The first-order valence-electron chi connectivity index (χ1n) is 7.58. The van der Waals surface area contributed by atoms with E-state index in [1.54, 1.807) is 6.92 Å². The van der Waals surface area contributed by atoms with Crippen molar-refractivity contribution in [3.8, 4) is 0 Å². The van der Waals surface area contributed by atoms with Crippen molar-refractivity contribution >= 4 is 10.1 Å². The van der Waals surface area contributed by atoms with E-state index in [9.17, 15) is 13.0 Å². The smallest absolute Gasteiger partial charge is 0.746 e. The fourth-order valence-electron chi connectivity index (χ4n) is 2.12. The van der Waals surface area contributed by atoms with Crippen LogP contribution < -0.4 is 29.6 Å². The van der Waals surface area contributed by atoms with Crippen LogP contribution in [-0.4, -0.2) is 25.0 Å². The van der Waals surface area contributed by atoms with E-state index in [1.165, 1.54) is 38.5 Å². The second-order valence-electron chi connectivity index (χ2n) is 4.99. The molecule has 0 aromatic heterocycles. The first kappa shape index (κ1) is 23.1. The van der Waals surface area contributed by atoms with Gasteiger partial charge in [0.25, 0.3) is 0 Å².